The van der Waals surface area contributed by atoms with Crippen LogP contribution in [0.5, 0.6) is 5.75 Å². The van der Waals surface area contributed by atoms with Crippen molar-refractivity contribution >= 4 is 33.0 Å². The van der Waals surface area contributed by atoms with Crippen LogP contribution in [0, 0.1) is 0 Å². The van der Waals surface area contributed by atoms with Gasteiger partial charge >= 0.3 is 0 Å². The average molecular weight is 287 g/mol. The molecule has 0 aromatic carbocycles. The number of methoxy groups -OCH3 is 1. The van der Waals surface area contributed by atoms with E-state index < -0.39 is 0 Å². The maximum atomic E-state index is 12.0. The van der Waals surface area contributed by atoms with E-state index in [0.717, 1.165) is 0 Å². The van der Waals surface area contributed by atoms with E-state index in [9.17, 15) is 4.79 Å². The van der Waals surface area contributed by atoms with Gasteiger partial charge in [-0.2, -0.15) is 0 Å². The Morgan fingerprint density at radius 2 is 2.40 bits per heavy atom. The predicted molar refractivity (Wildman–Crippen MR) is 60.7 cm³/mol. The van der Waals surface area contributed by atoms with Gasteiger partial charge in [0, 0.05) is 6.07 Å². The number of hydrogen-bond donors (Lipinski definition) is 0. The standard InChI is InChI=1S/C10H7BrO3S/c1-13-7-2-3-15-10(7)9(12)6-4-8(11)14-5-6/h2-5H,1H3. The molecular formula is C10H7BrO3S. The van der Waals surface area contributed by atoms with Gasteiger partial charge in [0.2, 0.25) is 5.78 Å². The fourth-order valence-electron chi connectivity index (χ4n) is 1.18. The van der Waals surface area contributed by atoms with Gasteiger partial charge in [0.1, 0.15) is 16.9 Å². The van der Waals surface area contributed by atoms with Crippen LogP contribution in [0.2, 0.25) is 0 Å². The summed E-state index contributed by atoms with van der Waals surface area (Å²) in [5.41, 5.74) is 0.516. The number of ketones is 1. The van der Waals surface area contributed by atoms with Crippen molar-refractivity contribution in [1.29, 1.82) is 0 Å². The van der Waals surface area contributed by atoms with Gasteiger partial charge in [-0.05, 0) is 27.4 Å². The van der Waals surface area contributed by atoms with Crippen LogP contribution < -0.4 is 4.74 Å². The van der Waals surface area contributed by atoms with Crippen LogP contribution in [0.1, 0.15) is 15.2 Å². The summed E-state index contributed by atoms with van der Waals surface area (Å²) in [7, 11) is 1.55. The van der Waals surface area contributed by atoms with Crippen molar-refractivity contribution in [3.05, 3.63) is 38.9 Å². The summed E-state index contributed by atoms with van der Waals surface area (Å²) in [4.78, 5) is 12.5. The molecule has 0 aliphatic rings. The highest BCUT2D eigenvalue weighted by molar-refractivity contribution is 9.10. The third kappa shape index (κ3) is 1.98. The van der Waals surface area contributed by atoms with Crippen LogP contribution in [-0.2, 0) is 0 Å². The molecule has 0 N–H and O–H groups in total. The summed E-state index contributed by atoms with van der Waals surface area (Å²) in [6, 6.07) is 3.41. The van der Waals surface area contributed by atoms with Gasteiger partial charge in [0.05, 0.1) is 12.7 Å². The lowest BCUT2D eigenvalue weighted by Crippen LogP contribution is -1.98. The van der Waals surface area contributed by atoms with Crippen LogP contribution in [0.3, 0.4) is 0 Å². The zero-order chi connectivity index (χ0) is 10.8. The molecule has 0 saturated heterocycles. The van der Waals surface area contributed by atoms with Crippen LogP contribution in [0.25, 0.3) is 0 Å². The summed E-state index contributed by atoms with van der Waals surface area (Å²) in [6.07, 6.45) is 1.42. The van der Waals surface area contributed by atoms with E-state index in [1.54, 1.807) is 19.2 Å². The minimum absolute atomic E-state index is 0.0868. The molecule has 0 radical (unpaired) electrons. The van der Waals surface area contributed by atoms with Gasteiger partial charge in [-0.25, -0.2) is 0 Å². The van der Waals surface area contributed by atoms with Gasteiger partial charge < -0.3 is 9.15 Å². The minimum atomic E-state index is -0.0868. The molecule has 3 nitrogen and oxygen atoms in total. The lowest BCUT2D eigenvalue weighted by Gasteiger charge is -1.98. The summed E-state index contributed by atoms with van der Waals surface area (Å²) in [5, 5.41) is 1.82. The normalized spacial score (nSPS) is 10.3. The van der Waals surface area contributed by atoms with Crippen LogP contribution in [0.15, 0.2) is 32.9 Å². The first kappa shape index (κ1) is 10.4. The van der Waals surface area contributed by atoms with Crippen molar-refractivity contribution in [3.63, 3.8) is 0 Å². The molecule has 2 aromatic heterocycles. The largest absolute Gasteiger partial charge is 0.495 e. The topological polar surface area (TPSA) is 39.4 Å². The number of thiophene rings is 1. The van der Waals surface area contributed by atoms with E-state index in [0.29, 0.717) is 20.9 Å². The molecule has 0 saturated carbocycles. The monoisotopic (exact) mass is 286 g/mol. The first-order valence-corrected chi connectivity index (χ1v) is 5.80. The van der Waals surface area contributed by atoms with Crippen molar-refractivity contribution in [2.75, 3.05) is 7.11 Å². The highest BCUT2D eigenvalue weighted by Crippen LogP contribution is 2.28. The summed E-state index contributed by atoms with van der Waals surface area (Å²) in [5.74, 6) is 0.513. The maximum absolute atomic E-state index is 12.0. The van der Waals surface area contributed by atoms with Crippen LogP contribution in [0.4, 0.5) is 0 Å². The third-order valence-electron chi connectivity index (χ3n) is 1.88. The second-order valence-corrected chi connectivity index (χ2v) is 4.48. The zero-order valence-corrected chi connectivity index (χ0v) is 10.2. The number of furan rings is 1. The Labute approximate surface area is 98.8 Å². The Kier molecular flexibility index (Phi) is 2.93. The van der Waals surface area contributed by atoms with Crippen molar-refractivity contribution < 1.29 is 13.9 Å². The van der Waals surface area contributed by atoms with E-state index in [1.807, 2.05) is 5.38 Å². The molecule has 0 bridgehead atoms. The van der Waals surface area contributed by atoms with E-state index in [4.69, 9.17) is 9.15 Å². The maximum Gasteiger partial charge on any atom is 0.209 e. The van der Waals surface area contributed by atoms with Gasteiger partial charge in [-0.3, -0.25) is 4.79 Å². The van der Waals surface area contributed by atoms with E-state index >= 15 is 0 Å². The number of ether oxygens (including phenoxy) is 1. The van der Waals surface area contributed by atoms with Crippen molar-refractivity contribution in [3.8, 4) is 5.75 Å². The summed E-state index contributed by atoms with van der Waals surface area (Å²) in [6.45, 7) is 0. The quantitative estimate of drug-likeness (QED) is 0.813. The van der Waals surface area contributed by atoms with E-state index in [1.165, 1.54) is 17.6 Å². The number of carbonyl (C=O) groups excluding carboxylic acids is 1. The molecule has 0 aliphatic carbocycles. The van der Waals surface area contributed by atoms with Gasteiger partial charge in [0.15, 0.2) is 4.67 Å². The Bertz CT molecular complexity index is 486. The molecule has 2 rings (SSSR count). The lowest BCUT2D eigenvalue weighted by atomic mass is 10.2. The van der Waals surface area contributed by atoms with Gasteiger partial charge in [0.25, 0.3) is 0 Å². The highest BCUT2D eigenvalue weighted by Gasteiger charge is 2.17. The van der Waals surface area contributed by atoms with Crippen molar-refractivity contribution in [2.24, 2.45) is 0 Å². The van der Waals surface area contributed by atoms with Crippen LogP contribution >= 0.6 is 27.3 Å². The smallest absolute Gasteiger partial charge is 0.209 e. The first-order chi connectivity index (χ1) is 7.22. The molecule has 0 atom stereocenters. The first-order valence-electron chi connectivity index (χ1n) is 4.12. The molecule has 0 unspecified atom stereocenters. The Hall–Kier alpha value is -1.07. The molecule has 0 fully saturated rings. The summed E-state index contributed by atoms with van der Waals surface area (Å²) >= 11 is 4.51. The number of carbonyl (C=O) groups is 1. The molecule has 0 amide bonds. The second kappa shape index (κ2) is 4.20. The van der Waals surface area contributed by atoms with Gasteiger partial charge in [-0.1, -0.05) is 0 Å². The number of hydrogen-bond acceptors (Lipinski definition) is 4. The molecular weight excluding hydrogens is 280 g/mol. The molecule has 2 aromatic rings. The molecule has 0 spiro atoms. The Morgan fingerprint density at radius 3 is 3.00 bits per heavy atom. The van der Waals surface area contributed by atoms with Gasteiger partial charge in [-0.15, -0.1) is 11.3 Å². The Balaban J connectivity index is 2.36. The van der Waals surface area contributed by atoms with Crippen molar-refractivity contribution in [2.45, 2.75) is 0 Å². The predicted octanol–water partition coefficient (Wildman–Crippen LogP) is 3.34. The Morgan fingerprint density at radius 1 is 1.60 bits per heavy atom. The molecule has 15 heavy (non-hydrogen) atoms. The molecule has 2 heterocycles. The highest BCUT2D eigenvalue weighted by atomic mass is 79.9. The number of rotatable bonds is 3. The minimum Gasteiger partial charge on any atom is -0.495 e. The number of halogens is 1. The SMILES string of the molecule is COc1ccsc1C(=O)c1coc(Br)c1. The fourth-order valence-corrected chi connectivity index (χ4v) is 2.34. The van der Waals surface area contributed by atoms with Crippen molar-refractivity contribution in [1.82, 2.24) is 0 Å². The molecule has 0 aliphatic heterocycles. The van der Waals surface area contributed by atoms with E-state index in [-0.39, 0.29) is 5.78 Å². The molecule has 78 valence electrons. The zero-order valence-electron chi connectivity index (χ0n) is 7.82. The van der Waals surface area contributed by atoms with Crippen LogP contribution in [-0.4, -0.2) is 12.9 Å². The second-order valence-electron chi connectivity index (χ2n) is 2.79. The third-order valence-corrected chi connectivity index (χ3v) is 3.20. The van der Waals surface area contributed by atoms with E-state index in [2.05, 4.69) is 15.9 Å². The average Bonchev–Trinajstić information content (AvgIpc) is 2.84. The molecule has 5 heteroatoms. The summed E-state index contributed by atoms with van der Waals surface area (Å²) < 4.78 is 10.6. The fraction of sp³-hybridized carbons (Fsp3) is 0.100. The lowest BCUT2D eigenvalue weighted by molar-refractivity contribution is 0.103.